The predicted molar refractivity (Wildman–Crippen MR) is 93.2 cm³/mol. The number of pyridine rings is 1. The van der Waals surface area contributed by atoms with Crippen LogP contribution in [0.1, 0.15) is 38.3 Å². The second kappa shape index (κ2) is 7.21. The van der Waals surface area contributed by atoms with E-state index in [-0.39, 0.29) is 5.91 Å². The fourth-order valence-electron chi connectivity index (χ4n) is 3.11. The normalized spacial score (nSPS) is 21.1. The minimum Gasteiger partial charge on any atom is -0.342 e. The Morgan fingerprint density at radius 1 is 1.30 bits per heavy atom. The zero-order valence-corrected chi connectivity index (χ0v) is 14.6. The number of aromatic nitrogens is 2. The molecule has 0 spiro atoms. The van der Waals surface area contributed by atoms with Crippen LogP contribution in [0, 0.1) is 5.92 Å². The van der Waals surface area contributed by atoms with E-state index in [1.165, 1.54) is 12.8 Å². The molecule has 4 nitrogen and oxygen atoms in total. The maximum absolute atomic E-state index is 12.5. The molecule has 0 radical (unpaired) electrons. The summed E-state index contributed by atoms with van der Waals surface area (Å²) in [4.78, 5) is 23.3. The van der Waals surface area contributed by atoms with Crippen LogP contribution in [0.3, 0.4) is 0 Å². The molecule has 23 heavy (non-hydrogen) atoms. The van der Waals surface area contributed by atoms with Crippen LogP contribution in [0.4, 0.5) is 0 Å². The number of hydrogen-bond acceptors (Lipinski definition) is 4. The lowest BCUT2D eigenvalue weighted by Gasteiger charge is -2.33. The maximum Gasteiger partial charge on any atom is 0.228 e. The van der Waals surface area contributed by atoms with Crippen molar-refractivity contribution in [3.05, 3.63) is 35.5 Å². The fraction of sp³-hybridized carbons (Fsp3) is 0.500. The second-order valence-electron chi connectivity index (χ2n) is 6.45. The third-order valence-corrected chi connectivity index (χ3v) is 5.61. The average Bonchev–Trinajstić information content (AvgIpc) is 3.04. The van der Waals surface area contributed by atoms with E-state index in [2.05, 4.69) is 16.9 Å². The largest absolute Gasteiger partial charge is 0.342 e. The van der Waals surface area contributed by atoms with Crippen LogP contribution in [-0.2, 0) is 11.2 Å². The van der Waals surface area contributed by atoms with Gasteiger partial charge in [-0.2, -0.15) is 0 Å². The number of hydrogen-bond donors (Lipinski definition) is 0. The highest BCUT2D eigenvalue weighted by Gasteiger charge is 2.25. The zero-order chi connectivity index (χ0) is 16.2. The van der Waals surface area contributed by atoms with E-state index in [1.54, 1.807) is 17.5 Å². The Labute approximate surface area is 141 Å². The smallest absolute Gasteiger partial charge is 0.228 e. The monoisotopic (exact) mass is 329 g/mol. The van der Waals surface area contributed by atoms with E-state index in [9.17, 15) is 4.79 Å². The van der Waals surface area contributed by atoms with Gasteiger partial charge in [-0.05, 0) is 43.7 Å². The van der Waals surface area contributed by atoms with Crippen molar-refractivity contribution in [1.29, 1.82) is 0 Å². The standard InChI is InChI=1S/C18H23N3OS/c1-13-6-8-15(9-7-13)21(2)17(22)11-14-12-23-18(20-14)16-5-3-4-10-19-16/h3-5,10,12-13,15H,6-9,11H2,1-2H3. The van der Waals surface area contributed by atoms with Gasteiger partial charge in [-0.15, -0.1) is 11.3 Å². The molecule has 2 heterocycles. The highest BCUT2D eigenvalue weighted by molar-refractivity contribution is 7.13. The molecule has 2 aromatic heterocycles. The molecule has 1 aliphatic rings. The summed E-state index contributed by atoms with van der Waals surface area (Å²) in [5.41, 5.74) is 1.71. The molecule has 0 aliphatic heterocycles. The number of thiazole rings is 1. The SMILES string of the molecule is CC1CCC(N(C)C(=O)Cc2csc(-c3ccccn3)n2)CC1. The van der Waals surface area contributed by atoms with E-state index in [0.29, 0.717) is 12.5 Å². The number of likely N-dealkylation sites (N-methyl/N-ethyl adjacent to an activating group) is 1. The number of nitrogens with zero attached hydrogens (tertiary/aromatic N) is 3. The Morgan fingerprint density at radius 3 is 2.78 bits per heavy atom. The minimum absolute atomic E-state index is 0.169. The lowest BCUT2D eigenvalue weighted by molar-refractivity contribution is -0.132. The lowest BCUT2D eigenvalue weighted by atomic mass is 9.86. The van der Waals surface area contributed by atoms with Crippen molar-refractivity contribution >= 4 is 17.2 Å². The van der Waals surface area contributed by atoms with Gasteiger partial charge in [-0.1, -0.05) is 13.0 Å². The third-order valence-electron chi connectivity index (χ3n) is 4.69. The molecule has 2 aromatic rings. The van der Waals surface area contributed by atoms with Crippen LogP contribution < -0.4 is 0 Å². The van der Waals surface area contributed by atoms with Gasteiger partial charge in [0.1, 0.15) is 5.01 Å². The van der Waals surface area contributed by atoms with Crippen molar-refractivity contribution < 1.29 is 4.79 Å². The Morgan fingerprint density at radius 2 is 2.09 bits per heavy atom. The van der Waals surface area contributed by atoms with Gasteiger partial charge in [0, 0.05) is 24.7 Å². The van der Waals surface area contributed by atoms with Crippen LogP contribution >= 0.6 is 11.3 Å². The molecule has 1 aliphatic carbocycles. The molecule has 0 bridgehead atoms. The molecule has 0 atom stereocenters. The Hall–Kier alpha value is -1.75. The molecular formula is C18H23N3OS. The van der Waals surface area contributed by atoms with Crippen molar-refractivity contribution in [1.82, 2.24) is 14.9 Å². The van der Waals surface area contributed by atoms with Crippen LogP contribution in [0.5, 0.6) is 0 Å². The third kappa shape index (κ3) is 3.96. The van der Waals surface area contributed by atoms with E-state index in [0.717, 1.165) is 35.2 Å². The summed E-state index contributed by atoms with van der Waals surface area (Å²) in [7, 11) is 1.94. The van der Waals surface area contributed by atoms with E-state index in [1.807, 2.05) is 35.5 Å². The number of carbonyl (C=O) groups is 1. The van der Waals surface area contributed by atoms with Gasteiger partial charge < -0.3 is 4.90 Å². The van der Waals surface area contributed by atoms with Crippen molar-refractivity contribution in [2.24, 2.45) is 5.92 Å². The summed E-state index contributed by atoms with van der Waals surface area (Å²) in [6, 6.07) is 6.18. The van der Waals surface area contributed by atoms with Crippen LogP contribution in [0.15, 0.2) is 29.8 Å². The summed E-state index contributed by atoms with van der Waals surface area (Å²) in [5, 5.41) is 2.85. The molecule has 3 rings (SSSR count). The molecule has 0 aromatic carbocycles. The maximum atomic E-state index is 12.5. The summed E-state index contributed by atoms with van der Waals surface area (Å²) in [6.07, 6.45) is 6.84. The van der Waals surface area contributed by atoms with Gasteiger partial charge in [0.05, 0.1) is 17.8 Å². The summed E-state index contributed by atoms with van der Waals surface area (Å²) in [6.45, 7) is 2.30. The Balaban J connectivity index is 1.61. The lowest BCUT2D eigenvalue weighted by Crippen LogP contribution is -2.40. The number of rotatable bonds is 4. The quantitative estimate of drug-likeness (QED) is 0.857. The van der Waals surface area contributed by atoms with Gasteiger partial charge >= 0.3 is 0 Å². The molecule has 5 heteroatoms. The van der Waals surface area contributed by atoms with Gasteiger partial charge in [-0.25, -0.2) is 4.98 Å². The average molecular weight is 329 g/mol. The van der Waals surface area contributed by atoms with E-state index < -0.39 is 0 Å². The predicted octanol–water partition coefficient (Wildman–Crippen LogP) is 3.78. The molecule has 1 fully saturated rings. The second-order valence-corrected chi connectivity index (χ2v) is 7.31. The number of carbonyl (C=O) groups excluding carboxylic acids is 1. The summed E-state index contributed by atoms with van der Waals surface area (Å²) >= 11 is 1.55. The van der Waals surface area contributed by atoms with Crippen molar-refractivity contribution in [3.8, 4) is 10.7 Å². The first-order chi connectivity index (χ1) is 11.1. The van der Waals surface area contributed by atoms with Crippen molar-refractivity contribution in [3.63, 3.8) is 0 Å². The first kappa shape index (κ1) is 16.1. The van der Waals surface area contributed by atoms with E-state index >= 15 is 0 Å². The fourth-order valence-corrected chi connectivity index (χ4v) is 3.90. The Bertz CT molecular complexity index is 647. The first-order valence-corrected chi connectivity index (χ1v) is 9.13. The van der Waals surface area contributed by atoms with Gasteiger partial charge in [0.25, 0.3) is 0 Å². The summed E-state index contributed by atoms with van der Waals surface area (Å²) in [5.74, 6) is 0.969. The van der Waals surface area contributed by atoms with Gasteiger partial charge in [-0.3, -0.25) is 9.78 Å². The molecular weight excluding hydrogens is 306 g/mol. The highest BCUT2D eigenvalue weighted by Crippen LogP contribution is 2.27. The van der Waals surface area contributed by atoms with E-state index in [4.69, 9.17) is 0 Å². The zero-order valence-electron chi connectivity index (χ0n) is 13.7. The molecule has 122 valence electrons. The Kier molecular flexibility index (Phi) is 5.06. The molecule has 0 N–H and O–H groups in total. The van der Waals surface area contributed by atoms with Crippen LogP contribution in [-0.4, -0.2) is 33.9 Å². The van der Waals surface area contributed by atoms with Gasteiger partial charge in [0.2, 0.25) is 5.91 Å². The molecule has 0 unspecified atom stereocenters. The van der Waals surface area contributed by atoms with Crippen molar-refractivity contribution in [2.45, 2.75) is 45.1 Å². The summed E-state index contributed by atoms with van der Waals surface area (Å²) < 4.78 is 0. The minimum atomic E-state index is 0.169. The van der Waals surface area contributed by atoms with Crippen molar-refractivity contribution in [2.75, 3.05) is 7.05 Å². The molecule has 1 amide bonds. The number of amides is 1. The molecule has 0 saturated heterocycles. The van der Waals surface area contributed by atoms with Crippen LogP contribution in [0.2, 0.25) is 0 Å². The van der Waals surface area contributed by atoms with Gasteiger partial charge in [0.15, 0.2) is 0 Å². The highest BCUT2D eigenvalue weighted by atomic mass is 32.1. The topological polar surface area (TPSA) is 46.1 Å². The first-order valence-electron chi connectivity index (χ1n) is 8.25. The van der Waals surface area contributed by atoms with Crippen LogP contribution in [0.25, 0.3) is 10.7 Å². The molecule has 1 saturated carbocycles.